The number of anilines is 3. The van der Waals surface area contributed by atoms with Crippen molar-refractivity contribution in [2.45, 2.75) is 12.7 Å². The molecule has 0 spiro atoms. The fourth-order valence-electron chi connectivity index (χ4n) is 2.97. The molecule has 2 N–H and O–H groups in total. The molecule has 122 valence electrons. The predicted molar refractivity (Wildman–Crippen MR) is 97.5 cm³/mol. The van der Waals surface area contributed by atoms with Crippen molar-refractivity contribution in [3.63, 3.8) is 0 Å². The van der Waals surface area contributed by atoms with E-state index in [2.05, 4.69) is 33.9 Å². The summed E-state index contributed by atoms with van der Waals surface area (Å²) in [4.78, 5) is 6.94. The second-order valence-electron chi connectivity index (χ2n) is 5.82. The maximum absolute atomic E-state index is 12.1. The molecule has 2 aliphatic rings. The van der Waals surface area contributed by atoms with Gasteiger partial charge in [0.15, 0.2) is 0 Å². The number of aliphatic imine (C=N–C) groups is 1. The number of nitrogens with one attached hydrogen (secondary N) is 2. The predicted octanol–water partition coefficient (Wildman–Crippen LogP) is 3.99. The number of para-hydroxylation sites is 2. The van der Waals surface area contributed by atoms with Gasteiger partial charge in [-0.3, -0.25) is 4.39 Å². The van der Waals surface area contributed by atoms with Crippen LogP contribution >= 0.6 is 0 Å². The molecule has 5 heteroatoms. The van der Waals surface area contributed by atoms with Crippen LogP contribution in [0.5, 0.6) is 0 Å². The Bertz CT molecular complexity index is 782. The quantitative estimate of drug-likeness (QED) is 0.818. The molecule has 2 aliphatic heterocycles. The van der Waals surface area contributed by atoms with E-state index < -0.39 is 0 Å². The molecule has 0 bridgehead atoms. The van der Waals surface area contributed by atoms with Crippen LogP contribution in [0.2, 0.25) is 0 Å². The number of hydrogen-bond donors (Lipinski definition) is 2. The highest BCUT2D eigenvalue weighted by Crippen LogP contribution is 2.36. The second-order valence-corrected chi connectivity index (χ2v) is 5.82. The number of fused-ring (bicyclic) bond motifs is 3. The third-order valence-corrected chi connectivity index (χ3v) is 4.20. The summed E-state index contributed by atoms with van der Waals surface area (Å²) in [5, 5.41) is 6.63. The second kappa shape index (κ2) is 6.35. The standard InChI is InChI=1S/C19H19FN4/c20-11-3-12-21-15-8-6-14(7-9-15)16-10-13-24-18-5-2-1-4-17(18)23-19(24)22-16/h1-2,4-10,13,19,21,23H,3,11-12H2. The number of hydrogen-bond acceptors (Lipinski definition) is 4. The molecule has 24 heavy (non-hydrogen) atoms. The summed E-state index contributed by atoms with van der Waals surface area (Å²) in [7, 11) is 0. The summed E-state index contributed by atoms with van der Waals surface area (Å²) in [6.07, 6.45) is 4.54. The van der Waals surface area contributed by atoms with Gasteiger partial charge in [0.2, 0.25) is 6.29 Å². The number of nitrogens with zero attached hydrogens (tertiary/aromatic N) is 2. The van der Waals surface area contributed by atoms with Crippen LogP contribution in [0.1, 0.15) is 12.0 Å². The molecular weight excluding hydrogens is 303 g/mol. The molecule has 1 unspecified atom stereocenters. The minimum absolute atomic E-state index is 0.0928. The Morgan fingerprint density at radius 1 is 1.12 bits per heavy atom. The lowest BCUT2D eigenvalue weighted by atomic mass is 10.1. The first-order valence-corrected chi connectivity index (χ1v) is 8.15. The molecule has 0 saturated heterocycles. The van der Waals surface area contributed by atoms with Crippen molar-refractivity contribution in [1.82, 2.24) is 0 Å². The van der Waals surface area contributed by atoms with Crippen LogP contribution in [0, 0.1) is 0 Å². The normalized spacial score (nSPS) is 17.8. The summed E-state index contributed by atoms with van der Waals surface area (Å²) in [6, 6.07) is 16.3. The first-order valence-electron chi connectivity index (χ1n) is 8.15. The molecule has 4 rings (SSSR count). The van der Waals surface area contributed by atoms with E-state index in [1.165, 1.54) is 0 Å². The highest BCUT2D eigenvalue weighted by atomic mass is 19.1. The molecule has 4 nitrogen and oxygen atoms in total. The lowest BCUT2D eigenvalue weighted by Crippen LogP contribution is -2.33. The zero-order valence-corrected chi connectivity index (χ0v) is 13.2. The summed E-state index contributed by atoms with van der Waals surface area (Å²) in [5.74, 6) is 0. The Labute approximate surface area is 140 Å². The zero-order chi connectivity index (χ0) is 16.4. The van der Waals surface area contributed by atoms with E-state index in [-0.39, 0.29) is 13.0 Å². The Morgan fingerprint density at radius 2 is 1.96 bits per heavy atom. The summed E-state index contributed by atoms with van der Waals surface area (Å²) < 4.78 is 12.1. The Hall–Kier alpha value is -2.82. The molecule has 0 aromatic heterocycles. The van der Waals surface area contributed by atoms with E-state index in [9.17, 15) is 4.39 Å². The van der Waals surface area contributed by atoms with Crippen molar-refractivity contribution in [3.05, 3.63) is 66.4 Å². The van der Waals surface area contributed by atoms with E-state index in [0.29, 0.717) is 13.0 Å². The molecule has 2 aromatic carbocycles. The molecule has 0 radical (unpaired) electrons. The van der Waals surface area contributed by atoms with E-state index in [1.54, 1.807) is 0 Å². The zero-order valence-electron chi connectivity index (χ0n) is 13.2. The molecule has 2 heterocycles. The van der Waals surface area contributed by atoms with Crippen LogP contribution in [-0.4, -0.2) is 25.2 Å². The molecular formula is C19H19FN4. The van der Waals surface area contributed by atoms with Crippen LogP contribution in [0.3, 0.4) is 0 Å². The van der Waals surface area contributed by atoms with Crippen molar-refractivity contribution in [2.24, 2.45) is 4.99 Å². The number of alkyl halides is 1. The first kappa shape index (κ1) is 14.8. The summed E-state index contributed by atoms with van der Waals surface area (Å²) in [5.41, 5.74) is 5.27. The van der Waals surface area contributed by atoms with Gasteiger partial charge in [0, 0.05) is 24.0 Å². The minimum Gasteiger partial charge on any atom is -0.385 e. The number of benzene rings is 2. The van der Waals surface area contributed by atoms with Gasteiger partial charge in [-0.05, 0) is 36.8 Å². The number of allylic oxidation sites excluding steroid dienone is 1. The van der Waals surface area contributed by atoms with Crippen molar-refractivity contribution in [1.29, 1.82) is 0 Å². The lowest BCUT2D eigenvalue weighted by Gasteiger charge is -2.24. The SMILES string of the molecule is FCCCNc1ccc(C2=NC3Nc4ccccc4N3C=C2)cc1. The van der Waals surface area contributed by atoms with Crippen LogP contribution in [-0.2, 0) is 0 Å². The Morgan fingerprint density at radius 3 is 2.79 bits per heavy atom. The van der Waals surface area contributed by atoms with Crippen molar-refractivity contribution in [2.75, 3.05) is 28.8 Å². The Kier molecular flexibility index (Phi) is 3.91. The van der Waals surface area contributed by atoms with Gasteiger partial charge in [0.05, 0.1) is 23.8 Å². The average molecular weight is 322 g/mol. The fourth-order valence-corrected chi connectivity index (χ4v) is 2.97. The fraction of sp³-hybridized carbons (Fsp3) is 0.211. The van der Waals surface area contributed by atoms with E-state index in [0.717, 1.165) is 28.3 Å². The van der Waals surface area contributed by atoms with Gasteiger partial charge in [-0.25, -0.2) is 4.99 Å². The van der Waals surface area contributed by atoms with Gasteiger partial charge in [0.1, 0.15) is 0 Å². The third kappa shape index (κ3) is 2.73. The molecule has 0 fully saturated rings. The molecule has 2 aromatic rings. The van der Waals surface area contributed by atoms with Crippen molar-refractivity contribution >= 4 is 22.8 Å². The average Bonchev–Trinajstić information content (AvgIpc) is 3.00. The molecule has 1 atom stereocenters. The van der Waals surface area contributed by atoms with Crippen molar-refractivity contribution < 1.29 is 4.39 Å². The van der Waals surface area contributed by atoms with Crippen LogP contribution in [0.25, 0.3) is 0 Å². The van der Waals surface area contributed by atoms with E-state index in [4.69, 9.17) is 4.99 Å². The van der Waals surface area contributed by atoms with Gasteiger partial charge in [-0.15, -0.1) is 0 Å². The van der Waals surface area contributed by atoms with Crippen molar-refractivity contribution in [3.8, 4) is 0 Å². The lowest BCUT2D eigenvalue weighted by molar-refractivity contribution is 0.481. The van der Waals surface area contributed by atoms with Gasteiger partial charge in [-0.1, -0.05) is 24.3 Å². The number of rotatable bonds is 5. The smallest absolute Gasteiger partial charge is 0.201 e. The highest BCUT2D eigenvalue weighted by Gasteiger charge is 2.28. The van der Waals surface area contributed by atoms with Gasteiger partial charge in [0.25, 0.3) is 0 Å². The maximum atomic E-state index is 12.1. The van der Waals surface area contributed by atoms with Crippen LogP contribution in [0.4, 0.5) is 21.5 Å². The maximum Gasteiger partial charge on any atom is 0.201 e. The summed E-state index contributed by atoms with van der Waals surface area (Å²) in [6.45, 7) is 0.357. The highest BCUT2D eigenvalue weighted by molar-refractivity contribution is 6.10. The topological polar surface area (TPSA) is 39.7 Å². The molecule has 0 amide bonds. The monoisotopic (exact) mass is 322 g/mol. The molecule has 0 aliphatic carbocycles. The summed E-state index contributed by atoms with van der Waals surface area (Å²) >= 11 is 0. The van der Waals surface area contributed by atoms with Crippen LogP contribution in [0.15, 0.2) is 65.8 Å². The third-order valence-electron chi connectivity index (χ3n) is 4.20. The largest absolute Gasteiger partial charge is 0.385 e. The molecule has 0 saturated carbocycles. The minimum atomic E-state index is -0.292. The van der Waals surface area contributed by atoms with Gasteiger partial charge in [-0.2, -0.15) is 0 Å². The number of halogens is 1. The van der Waals surface area contributed by atoms with Gasteiger partial charge < -0.3 is 15.5 Å². The Balaban J connectivity index is 1.50. The van der Waals surface area contributed by atoms with E-state index >= 15 is 0 Å². The first-order chi connectivity index (χ1) is 11.8. The van der Waals surface area contributed by atoms with E-state index in [1.807, 2.05) is 42.5 Å². The van der Waals surface area contributed by atoms with Crippen LogP contribution < -0.4 is 15.5 Å². The van der Waals surface area contributed by atoms with Gasteiger partial charge >= 0.3 is 0 Å².